The van der Waals surface area contributed by atoms with Crippen LogP contribution in [0.25, 0.3) is 0 Å². The molecule has 0 aromatic heterocycles. The Morgan fingerprint density at radius 2 is 1.93 bits per heavy atom. The Morgan fingerprint density at radius 3 is 2.50 bits per heavy atom. The molecule has 2 amide bonds. The Balaban J connectivity index is 1.69. The van der Waals surface area contributed by atoms with Gasteiger partial charge in [0.05, 0.1) is 16.5 Å². The van der Waals surface area contributed by atoms with Gasteiger partial charge < -0.3 is 10.2 Å². The SMILES string of the molecule is CC(C)c1ccc(N2CC(C(=O)Nc3ccc([N+](=O)[O-])cc3Br)CC2=O)cc1. The number of carbonyl (C=O) groups excluding carboxylic acids is 2. The summed E-state index contributed by atoms with van der Waals surface area (Å²) in [6, 6.07) is 11.9. The summed E-state index contributed by atoms with van der Waals surface area (Å²) in [5.74, 6) is -0.467. The van der Waals surface area contributed by atoms with Crippen molar-refractivity contribution in [1.82, 2.24) is 0 Å². The Hall–Kier alpha value is -2.74. The fourth-order valence-electron chi connectivity index (χ4n) is 3.13. The molecule has 1 N–H and O–H groups in total. The fraction of sp³-hybridized carbons (Fsp3) is 0.300. The third-order valence-corrected chi connectivity index (χ3v) is 5.44. The second-order valence-electron chi connectivity index (χ2n) is 7.06. The van der Waals surface area contributed by atoms with Crippen molar-refractivity contribution < 1.29 is 14.5 Å². The van der Waals surface area contributed by atoms with E-state index in [2.05, 4.69) is 35.1 Å². The lowest BCUT2D eigenvalue weighted by Crippen LogP contribution is -2.28. The molecule has 7 nitrogen and oxygen atoms in total. The molecule has 1 unspecified atom stereocenters. The van der Waals surface area contributed by atoms with Gasteiger partial charge in [0.15, 0.2) is 0 Å². The third kappa shape index (κ3) is 4.22. The van der Waals surface area contributed by atoms with Gasteiger partial charge in [0, 0.05) is 35.3 Å². The Morgan fingerprint density at radius 1 is 1.25 bits per heavy atom. The number of non-ortho nitro benzene ring substituents is 1. The number of amides is 2. The first-order valence-electron chi connectivity index (χ1n) is 8.91. The highest BCUT2D eigenvalue weighted by molar-refractivity contribution is 9.10. The number of nitro benzene ring substituents is 1. The van der Waals surface area contributed by atoms with Gasteiger partial charge in [0.2, 0.25) is 11.8 Å². The Bertz CT molecular complexity index is 928. The van der Waals surface area contributed by atoms with E-state index in [-0.39, 0.29) is 23.9 Å². The molecule has 1 saturated heterocycles. The van der Waals surface area contributed by atoms with Gasteiger partial charge in [-0.1, -0.05) is 26.0 Å². The maximum Gasteiger partial charge on any atom is 0.270 e. The first-order chi connectivity index (χ1) is 13.3. The van der Waals surface area contributed by atoms with Crippen molar-refractivity contribution >= 4 is 44.8 Å². The summed E-state index contributed by atoms with van der Waals surface area (Å²) >= 11 is 3.23. The predicted octanol–water partition coefficient (Wildman–Crippen LogP) is 4.47. The number of halogens is 1. The largest absolute Gasteiger partial charge is 0.325 e. The molecular weight excluding hydrogens is 426 g/mol. The van der Waals surface area contributed by atoms with Gasteiger partial charge in [0.25, 0.3) is 5.69 Å². The summed E-state index contributed by atoms with van der Waals surface area (Å²) in [4.78, 5) is 37.0. The van der Waals surface area contributed by atoms with Gasteiger partial charge in [-0.2, -0.15) is 0 Å². The minimum absolute atomic E-state index is 0.0723. The lowest BCUT2D eigenvalue weighted by Gasteiger charge is -2.18. The fourth-order valence-corrected chi connectivity index (χ4v) is 3.59. The molecule has 1 fully saturated rings. The molecule has 0 aliphatic carbocycles. The molecule has 146 valence electrons. The van der Waals surface area contributed by atoms with Crippen LogP contribution < -0.4 is 10.2 Å². The van der Waals surface area contributed by atoms with Gasteiger partial charge in [-0.15, -0.1) is 0 Å². The lowest BCUT2D eigenvalue weighted by molar-refractivity contribution is -0.384. The normalized spacial score (nSPS) is 16.5. The van der Waals surface area contributed by atoms with E-state index in [4.69, 9.17) is 0 Å². The van der Waals surface area contributed by atoms with Crippen molar-refractivity contribution in [2.75, 3.05) is 16.8 Å². The van der Waals surface area contributed by atoms with Gasteiger partial charge >= 0.3 is 0 Å². The smallest absolute Gasteiger partial charge is 0.270 e. The Kier molecular flexibility index (Phi) is 5.79. The van der Waals surface area contributed by atoms with Crippen LogP contribution in [0.3, 0.4) is 0 Å². The summed E-state index contributed by atoms with van der Waals surface area (Å²) < 4.78 is 0.417. The summed E-state index contributed by atoms with van der Waals surface area (Å²) in [7, 11) is 0. The van der Waals surface area contributed by atoms with Crippen LogP contribution in [0.5, 0.6) is 0 Å². The maximum absolute atomic E-state index is 12.6. The first kappa shape index (κ1) is 20.0. The molecule has 1 aliphatic heterocycles. The number of anilines is 2. The number of carbonyl (C=O) groups is 2. The van der Waals surface area contributed by atoms with Crippen molar-refractivity contribution in [3.05, 3.63) is 62.6 Å². The molecule has 1 aliphatic rings. The van der Waals surface area contributed by atoms with Crippen molar-refractivity contribution in [2.24, 2.45) is 5.92 Å². The van der Waals surface area contributed by atoms with Crippen LogP contribution >= 0.6 is 15.9 Å². The predicted molar refractivity (Wildman–Crippen MR) is 110 cm³/mol. The molecule has 1 heterocycles. The second kappa shape index (κ2) is 8.10. The number of nitro groups is 1. The zero-order valence-corrected chi connectivity index (χ0v) is 17.1. The number of nitrogens with zero attached hydrogens (tertiary/aromatic N) is 2. The van der Waals surface area contributed by atoms with E-state index >= 15 is 0 Å². The van der Waals surface area contributed by atoms with Crippen molar-refractivity contribution in [3.63, 3.8) is 0 Å². The molecule has 0 saturated carbocycles. The van der Waals surface area contributed by atoms with E-state index in [1.54, 1.807) is 4.90 Å². The van der Waals surface area contributed by atoms with Gasteiger partial charge in [-0.05, 0) is 45.6 Å². The number of hydrogen-bond acceptors (Lipinski definition) is 4. The molecule has 28 heavy (non-hydrogen) atoms. The topological polar surface area (TPSA) is 92.6 Å². The van der Waals surface area contributed by atoms with Crippen molar-refractivity contribution in [2.45, 2.75) is 26.2 Å². The Labute approximate surface area is 171 Å². The van der Waals surface area contributed by atoms with E-state index < -0.39 is 10.8 Å². The van der Waals surface area contributed by atoms with Crippen molar-refractivity contribution in [3.8, 4) is 0 Å². The molecule has 0 spiro atoms. The molecular formula is C20H20BrN3O4. The zero-order valence-electron chi connectivity index (χ0n) is 15.5. The van der Waals surface area contributed by atoms with Crippen LogP contribution in [-0.2, 0) is 9.59 Å². The minimum atomic E-state index is -0.506. The standard InChI is InChI=1S/C20H20BrN3O4/c1-12(2)13-3-5-15(6-4-13)23-11-14(9-19(23)25)20(26)22-18-8-7-16(24(27)28)10-17(18)21/h3-8,10,12,14H,9,11H2,1-2H3,(H,22,26). The summed E-state index contributed by atoms with van der Waals surface area (Å²) in [5, 5.41) is 13.6. The number of rotatable bonds is 5. The molecule has 2 aromatic rings. The summed E-state index contributed by atoms with van der Waals surface area (Å²) in [6.45, 7) is 4.51. The summed E-state index contributed by atoms with van der Waals surface area (Å²) in [6.07, 6.45) is 0.127. The second-order valence-corrected chi connectivity index (χ2v) is 7.92. The first-order valence-corrected chi connectivity index (χ1v) is 9.70. The van der Waals surface area contributed by atoms with E-state index in [1.165, 1.54) is 23.8 Å². The maximum atomic E-state index is 12.6. The number of nitrogens with one attached hydrogen (secondary N) is 1. The third-order valence-electron chi connectivity index (χ3n) is 4.79. The summed E-state index contributed by atoms with van der Waals surface area (Å²) in [5.41, 5.74) is 2.33. The number of benzene rings is 2. The number of hydrogen-bond donors (Lipinski definition) is 1. The van der Waals surface area contributed by atoms with E-state index in [9.17, 15) is 19.7 Å². The van der Waals surface area contributed by atoms with Crippen LogP contribution in [0.15, 0.2) is 46.9 Å². The zero-order chi connectivity index (χ0) is 20.4. The highest BCUT2D eigenvalue weighted by Crippen LogP contribution is 2.30. The van der Waals surface area contributed by atoms with Crippen LogP contribution in [0, 0.1) is 16.0 Å². The lowest BCUT2D eigenvalue weighted by atomic mass is 10.0. The quantitative estimate of drug-likeness (QED) is 0.542. The monoisotopic (exact) mass is 445 g/mol. The van der Waals surface area contributed by atoms with Crippen molar-refractivity contribution in [1.29, 1.82) is 0 Å². The average Bonchev–Trinajstić information content (AvgIpc) is 3.05. The van der Waals surface area contributed by atoms with Gasteiger partial charge in [-0.25, -0.2) is 0 Å². The van der Waals surface area contributed by atoms with Crippen LogP contribution in [0.2, 0.25) is 0 Å². The average molecular weight is 446 g/mol. The van der Waals surface area contributed by atoms with Gasteiger partial charge in [-0.3, -0.25) is 19.7 Å². The molecule has 0 bridgehead atoms. The minimum Gasteiger partial charge on any atom is -0.325 e. The molecule has 0 radical (unpaired) electrons. The van der Waals surface area contributed by atoms with E-state index in [0.29, 0.717) is 22.6 Å². The van der Waals surface area contributed by atoms with E-state index in [0.717, 1.165) is 5.69 Å². The van der Waals surface area contributed by atoms with Gasteiger partial charge in [0.1, 0.15) is 0 Å². The molecule has 3 rings (SSSR count). The highest BCUT2D eigenvalue weighted by atomic mass is 79.9. The highest BCUT2D eigenvalue weighted by Gasteiger charge is 2.35. The van der Waals surface area contributed by atoms with Crippen LogP contribution in [0.1, 0.15) is 31.7 Å². The molecule has 8 heteroatoms. The van der Waals surface area contributed by atoms with Crippen LogP contribution in [0.4, 0.5) is 17.1 Å². The molecule has 1 atom stereocenters. The van der Waals surface area contributed by atoms with E-state index in [1.807, 2.05) is 24.3 Å². The van der Waals surface area contributed by atoms with Crippen LogP contribution in [-0.4, -0.2) is 23.3 Å². The molecule has 2 aromatic carbocycles.